The fourth-order valence-corrected chi connectivity index (χ4v) is 14.7. The zero-order valence-electron chi connectivity index (χ0n) is 59.7. The van der Waals surface area contributed by atoms with Crippen molar-refractivity contribution >= 4 is 77.9 Å². The molecular weight excluding hydrogens is 1910 g/mol. The maximum Gasteiger partial charge on any atom is 0.411 e. The van der Waals surface area contributed by atoms with Gasteiger partial charge in [-0.3, -0.25) is 10.6 Å². The van der Waals surface area contributed by atoms with Crippen LogP contribution in [0.5, 0.6) is 11.5 Å². The van der Waals surface area contributed by atoms with E-state index in [2.05, 4.69) is 226 Å². The Hall–Kier alpha value is -9.44. The second kappa shape index (κ2) is 48.6. The second-order valence-electron chi connectivity index (χ2n) is 22.1. The molecule has 0 fully saturated rings. The molecule has 3 amide bonds. The highest BCUT2D eigenvalue weighted by atomic mass is 127. The lowest BCUT2D eigenvalue weighted by Gasteiger charge is -2.28. The Morgan fingerprint density at radius 3 is 1.04 bits per heavy atom. The quantitative estimate of drug-likeness (QED) is 0.00817. The van der Waals surface area contributed by atoms with E-state index in [0.717, 1.165) is 0 Å². The summed E-state index contributed by atoms with van der Waals surface area (Å²) in [6, 6.07) is 74.6. The molecule has 3 N–H and O–H groups in total. The molecule has 0 saturated carbocycles. The zero-order chi connectivity index (χ0) is 84.5. The standard InChI is InChI=1S/C13H19F4NO7S.2C13H13F2NO7S.3C12H10I/c1-9(2)10(19)24-8-6-18-11(20)25-7-4-3-5-12(14,15)13(16,17)26(21,22)23;1-8(2)11(17)23-10-5-3-9(4-6-10)16-12(18)22-7-13(14,15)24(19,20)21;1-8(2)11(17)23-10-5-3-4-9(6-10)16-12(18)22-7-13(14,15)24(19,20)21;3*1-3-7-11(8-4-1)13-12-9-5-2-6-10-12/h1,3-8H2,2H3,(H,18,20)(H,21,22,23);2*3-6H,1,7H2,2H3,(H,16,18)(H,19,20,21);3*1-10H/q;;;3*+1/p-3. The van der Waals surface area contributed by atoms with Gasteiger partial charge in [-0.1, -0.05) is 135 Å². The number of hydrogen-bond acceptors (Lipinski definition) is 21. The van der Waals surface area contributed by atoms with Crippen LogP contribution in [0.2, 0.25) is 0 Å². The smallest absolute Gasteiger partial charge is 0.411 e. The molecule has 24 nitrogen and oxygen atoms in total. The van der Waals surface area contributed by atoms with Crippen LogP contribution >= 0.6 is 0 Å². The summed E-state index contributed by atoms with van der Waals surface area (Å²) in [5, 5.41) is -9.01. The first-order valence-corrected chi connectivity index (χ1v) is 42.8. The molecule has 0 aliphatic carbocycles. The fourth-order valence-electron chi connectivity index (χ4n) is 7.04. The number of amides is 3. The summed E-state index contributed by atoms with van der Waals surface area (Å²) in [6.45, 7) is 9.88. The molecule has 0 heterocycles. The Morgan fingerprint density at radius 2 is 0.717 bits per heavy atom. The van der Waals surface area contributed by atoms with Crippen molar-refractivity contribution in [2.45, 2.75) is 61.7 Å². The molecule has 0 aromatic heterocycles. The molecule has 0 atom stereocenters. The number of anilines is 2. The summed E-state index contributed by atoms with van der Waals surface area (Å²) in [7, 11) is -18.4. The van der Waals surface area contributed by atoms with E-state index < -0.39 is 121 Å². The van der Waals surface area contributed by atoms with E-state index in [-0.39, 0.29) is 123 Å². The highest BCUT2D eigenvalue weighted by molar-refractivity contribution is 7.87. The van der Waals surface area contributed by atoms with E-state index >= 15 is 0 Å². The van der Waals surface area contributed by atoms with Crippen LogP contribution in [0.25, 0.3) is 0 Å². The van der Waals surface area contributed by atoms with Gasteiger partial charge < -0.3 is 47.4 Å². The van der Waals surface area contributed by atoms with Gasteiger partial charge in [-0.25, -0.2) is 54.0 Å². The molecule has 0 radical (unpaired) electrons. The van der Waals surface area contributed by atoms with Crippen molar-refractivity contribution in [1.29, 1.82) is 0 Å². The van der Waals surface area contributed by atoms with Crippen LogP contribution in [0, 0.1) is 21.4 Å². The Morgan fingerprint density at radius 1 is 0.381 bits per heavy atom. The normalized spacial score (nSPS) is 11.1. The van der Waals surface area contributed by atoms with Crippen molar-refractivity contribution in [1.82, 2.24) is 5.32 Å². The SMILES string of the molecule is C=C(C)C(=O)OCCNC(=O)OCCCCC(F)(F)C(F)(F)S(=O)(=O)[O-].C=C(C)C(=O)Oc1ccc(NC(=O)OCC(F)(F)S(=O)(=O)[O-])cc1.C=C(C)C(=O)Oc1cccc(NC(=O)OCC(F)(F)S(=O)(=O)[O-])c1.c1ccc([I+]c2ccccc2)cc1.c1ccc([I+]c2ccccc2)cc1.c1ccc([I+]c2ccccc2)cc1. The molecule has 0 aliphatic heterocycles. The van der Waals surface area contributed by atoms with Gasteiger partial charge in [-0.2, -0.15) is 35.1 Å². The number of rotatable bonds is 29. The van der Waals surface area contributed by atoms with Gasteiger partial charge in [0, 0.05) is 40.6 Å². The number of hydrogen-bond donors (Lipinski definition) is 3. The molecule has 0 unspecified atom stereocenters. The number of esters is 3. The second-order valence-corrected chi connectivity index (χ2v) is 35.7. The average molecular weight is 1980 g/mol. The third kappa shape index (κ3) is 39.2. The van der Waals surface area contributed by atoms with Crippen LogP contribution in [-0.4, -0.2) is 130 Å². The number of carbonyl (C=O) groups is 6. The van der Waals surface area contributed by atoms with Crippen LogP contribution in [0.1, 0.15) is 40.0 Å². The number of ether oxygens (including phenoxy) is 6. The number of nitrogens with one attached hydrogen (secondary N) is 3. The fraction of sp³-hybridized carbons (Fsp3) is 0.200. The Bertz CT molecular complexity index is 4440. The van der Waals surface area contributed by atoms with Crippen LogP contribution in [0.4, 0.5) is 60.9 Å². The lowest BCUT2D eigenvalue weighted by atomic mass is 10.1. The minimum atomic E-state index is -6.51. The molecule has 0 saturated heterocycles. The summed E-state index contributed by atoms with van der Waals surface area (Å²) in [5.74, 6) is -6.88. The van der Waals surface area contributed by atoms with E-state index in [0.29, 0.717) is 0 Å². The molecule has 38 heteroatoms. The maximum absolute atomic E-state index is 13.1. The van der Waals surface area contributed by atoms with Gasteiger partial charge in [0.15, 0.2) is 65.0 Å². The molecule has 8 aromatic rings. The number of alkyl halides is 8. The largest absolute Gasteiger partial charge is 0.743 e. The molecule has 0 spiro atoms. The molecule has 0 aliphatic rings. The maximum atomic E-state index is 13.1. The third-order valence-electron chi connectivity index (χ3n) is 12.6. The average Bonchev–Trinajstić information content (AvgIpc) is 0.773. The monoisotopic (exact) mass is 1980 g/mol. The highest BCUT2D eigenvalue weighted by Gasteiger charge is 2.61. The molecule has 8 rings (SSSR count). The van der Waals surface area contributed by atoms with Crippen molar-refractivity contribution < 1.29 is 195 Å². The molecule has 608 valence electrons. The van der Waals surface area contributed by atoms with Crippen LogP contribution < -0.4 is 89.0 Å². The molecular formula is C75H72F8I3N3O21S3. The van der Waals surface area contributed by atoms with Gasteiger partial charge in [0.05, 0.1) is 13.2 Å². The Labute approximate surface area is 677 Å². The predicted octanol–water partition coefficient (Wildman–Crippen LogP) is 4.93. The van der Waals surface area contributed by atoms with E-state index in [1.807, 2.05) is 10.6 Å². The Kier molecular flexibility index (Phi) is 42.0. The number of unbranched alkanes of at least 4 members (excludes halogenated alkanes) is 1. The van der Waals surface area contributed by atoms with Gasteiger partial charge in [-0.15, -0.1) is 0 Å². The van der Waals surface area contributed by atoms with Gasteiger partial charge in [-0.05, 0) is 143 Å². The molecule has 8 aromatic carbocycles. The highest BCUT2D eigenvalue weighted by Crippen LogP contribution is 2.41. The lowest BCUT2D eigenvalue weighted by molar-refractivity contribution is -0.597. The summed E-state index contributed by atoms with van der Waals surface area (Å²) >= 11 is 0.0861. The van der Waals surface area contributed by atoms with Gasteiger partial charge in [0.25, 0.3) is 0 Å². The topological polar surface area (TPSA) is 365 Å². The first-order valence-electron chi connectivity index (χ1n) is 32.1. The van der Waals surface area contributed by atoms with Crippen molar-refractivity contribution in [3.63, 3.8) is 0 Å². The number of carbonyl (C=O) groups excluding carboxylic acids is 6. The lowest BCUT2D eigenvalue weighted by Crippen LogP contribution is -3.61. The van der Waals surface area contributed by atoms with Crippen LogP contribution in [0.3, 0.4) is 0 Å². The van der Waals surface area contributed by atoms with Crippen LogP contribution in [0.15, 0.2) is 267 Å². The minimum absolute atomic E-state index is 0.0142. The number of alkyl carbamates (subject to hydrolysis) is 1. The molecule has 0 bridgehead atoms. The summed E-state index contributed by atoms with van der Waals surface area (Å²) in [6.07, 6.45) is -6.27. The first kappa shape index (κ1) is 97.8. The number of halogens is 11. The van der Waals surface area contributed by atoms with E-state index in [4.69, 9.17) is 9.47 Å². The van der Waals surface area contributed by atoms with Gasteiger partial charge >= 0.3 is 121 Å². The van der Waals surface area contributed by atoms with E-state index in [9.17, 15) is 103 Å². The first-order chi connectivity index (χ1) is 52.9. The Balaban J connectivity index is 0.000000358. The van der Waals surface area contributed by atoms with Crippen molar-refractivity contribution in [2.75, 3.05) is 43.6 Å². The van der Waals surface area contributed by atoms with Crippen molar-refractivity contribution in [2.24, 2.45) is 0 Å². The molecule has 113 heavy (non-hydrogen) atoms. The third-order valence-corrected chi connectivity index (χ3v) is 23.3. The predicted molar refractivity (Wildman–Crippen MR) is 382 cm³/mol. The van der Waals surface area contributed by atoms with Crippen molar-refractivity contribution in [3.8, 4) is 11.5 Å². The van der Waals surface area contributed by atoms with Gasteiger partial charge in [0.2, 0.25) is 0 Å². The summed E-state index contributed by atoms with van der Waals surface area (Å²) in [5.41, 5.74) is 0.576. The van der Waals surface area contributed by atoms with Crippen LogP contribution in [-0.2, 0) is 63.7 Å². The minimum Gasteiger partial charge on any atom is -0.743 e. The van der Waals surface area contributed by atoms with E-state index in [1.165, 1.54) is 90.7 Å². The van der Waals surface area contributed by atoms with Crippen molar-refractivity contribution in [3.05, 3.63) is 288 Å². The zero-order valence-corrected chi connectivity index (χ0v) is 68.6. The van der Waals surface area contributed by atoms with Gasteiger partial charge in [0.1, 0.15) is 18.1 Å². The number of benzene rings is 8. The summed E-state index contributed by atoms with van der Waals surface area (Å²) < 4.78 is 231. The van der Waals surface area contributed by atoms with E-state index in [1.54, 1.807) is 0 Å². The summed E-state index contributed by atoms with van der Waals surface area (Å²) in [4.78, 5) is 67.4.